The highest BCUT2D eigenvalue weighted by atomic mass is 16.5. The number of carbonyl (C=O) groups excluding carboxylic acids is 1. The maximum absolute atomic E-state index is 12.6. The average Bonchev–Trinajstić information content (AvgIpc) is 2.65. The normalized spacial score (nSPS) is 28.7. The number of nitrogens with one attached hydrogen (secondary N) is 1. The van der Waals surface area contributed by atoms with Crippen LogP contribution >= 0.6 is 0 Å². The molecule has 1 aliphatic carbocycles. The molecule has 1 aliphatic heterocycles. The van der Waals surface area contributed by atoms with Crippen molar-refractivity contribution in [3.63, 3.8) is 0 Å². The number of rotatable bonds is 6. The van der Waals surface area contributed by atoms with E-state index in [0.29, 0.717) is 13.0 Å². The van der Waals surface area contributed by atoms with E-state index < -0.39 is 5.60 Å². The van der Waals surface area contributed by atoms with Gasteiger partial charge in [-0.1, -0.05) is 44.4 Å². The summed E-state index contributed by atoms with van der Waals surface area (Å²) in [6.45, 7) is 2.98. The summed E-state index contributed by atoms with van der Waals surface area (Å²) in [6, 6.07) is 7.57. The molecule has 0 bridgehead atoms. The number of aliphatic hydroxyl groups is 1. The Labute approximate surface area is 151 Å². The quantitative estimate of drug-likeness (QED) is 0.825. The Morgan fingerprint density at radius 2 is 2.04 bits per heavy atom. The fourth-order valence-corrected chi connectivity index (χ4v) is 4.21. The molecule has 1 fully saturated rings. The summed E-state index contributed by atoms with van der Waals surface area (Å²) in [5.41, 5.74) is -0.243. The predicted molar refractivity (Wildman–Crippen MR) is 98.4 cm³/mol. The SMILES string of the molecule is CCCCC1CCC(C(=O)NCC2(O)CCOc3ccccc32)CC1. The van der Waals surface area contributed by atoms with Gasteiger partial charge in [-0.2, -0.15) is 0 Å². The van der Waals surface area contributed by atoms with Crippen LogP contribution in [0.25, 0.3) is 0 Å². The van der Waals surface area contributed by atoms with E-state index in [2.05, 4.69) is 12.2 Å². The van der Waals surface area contributed by atoms with Crippen LogP contribution in [0.5, 0.6) is 5.75 Å². The number of benzene rings is 1. The summed E-state index contributed by atoms with van der Waals surface area (Å²) in [7, 11) is 0. The van der Waals surface area contributed by atoms with Gasteiger partial charge >= 0.3 is 0 Å². The van der Waals surface area contributed by atoms with Crippen LogP contribution in [0.2, 0.25) is 0 Å². The minimum absolute atomic E-state index is 0.103. The third-order valence-corrected chi connectivity index (χ3v) is 5.90. The maximum Gasteiger partial charge on any atom is 0.223 e. The van der Waals surface area contributed by atoms with Gasteiger partial charge in [0.25, 0.3) is 0 Å². The van der Waals surface area contributed by atoms with Crippen LogP contribution in [0.15, 0.2) is 24.3 Å². The van der Waals surface area contributed by atoms with Crippen molar-refractivity contribution in [3.8, 4) is 5.75 Å². The molecule has 0 spiro atoms. The molecule has 0 radical (unpaired) electrons. The second-order valence-electron chi connectivity index (χ2n) is 7.70. The zero-order chi connectivity index (χ0) is 17.7. The topological polar surface area (TPSA) is 58.6 Å². The number of amides is 1. The van der Waals surface area contributed by atoms with Crippen LogP contribution in [-0.4, -0.2) is 24.2 Å². The molecule has 3 rings (SSSR count). The average molecular weight is 345 g/mol. The van der Waals surface area contributed by atoms with Gasteiger partial charge in [0.1, 0.15) is 11.4 Å². The monoisotopic (exact) mass is 345 g/mol. The molecule has 138 valence electrons. The van der Waals surface area contributed by atoms with Crippen LogP contribution in [0.3, 0.4) is 0 Å². The molecular weight excluding hydrogens is 314 g/mol. The predicted octanol–water partition coefficient (Wildman–Crippen LogP) is 3.77. The van der Waals surface area contributed by atoms with Crippen molar-refractivity contribution in [2.75, 3.05) is 13.2 Å². The van der Waals surface area contributed by atoms with Crippen molar-refractivity contribution < 1.29 is 14.6 Å². The van der Waals surface area contributed by atoms with E-state index in [1.165, 1.54) is 32.1 Å². The van der Waals surface area contributed by atoms with Gasteiger partial charge in [-0.05, 0) is 37.7 Å². The van der Waals surface area contributed by atoms with Crippen LogP contribution in [0, 0.1) is 11.8 Å². The third kappa shape index (κ3) is 4.35. The number of ether oxygens (including phenoxy) is 1. The summed E-state index contributed by atoms with van der Waals surface area (Å²) in [4.78, 5) is 12.6. The van der Waals surface area contributed by atoms with E-state index in [-0.39, 0.29) is 18.4 Å². The number of para-hydroxylation sites is 1. The van der Waals surface area contributed by atoms with Crippen LogP contribution in [0.1, 0.15) is 63.9 Å². The Bertz CT molecular complexity index is 580. The number of carbonyl (C=O) groups is 1. The number of unbranched alkanes of at least 4 members (excludes halogenated alkanes) is 1. The van der Waals surface area contributed by atoms with Gasteiger partial charge < -0.3 is 15.2 Å². The Morgan fingerprint density at radius 3 is 2.80 bits per heavy atom. The summed E-state index contributed by atoms with van der Waals surface area (Å²) >= 11 is 0. The molecule has 4 heteroatoms. The maximum atomic E-state index is 12.6. The first-order valence-corrected chi connectivity index (χ1v) is 9.85. The van der Waals surface area contributed by atoms with Crippen molar-refractivity contribution in [2.45, 2.75) is 63.9 Å². The molecule has 1 heterocycles. The highest BCUT2D eigenvalue weighted by Gasteiger charge is 2.36. The molecule has 25 heavy (non-hydrogen) atoms. The largest absolute Gasteiger partial charge is 0.493 e. The van der Waals surface area contributed by atoms with Gasteiger partial charge in [0.15, 0.2) is 0 Å². The van der Waals surface area contributed by atoms with Gasteiger partial charge in [-0.3, -0.25) is 4.79 Å². The minimum atomic E-state index is -1.02. The second kappa shape index (κ2) is 8.22. The lowest BCUT2D eigenvalue weighted by molar-refractivity contribution is -0.128. The third-order valence-electron chi connectivity index (χ3n) is 5.90. The van der Waals surface area contributed by atoms with Crippen molar-refractivity contribution in [2.24, 2.45) is 11.8 Å². The van der Waals surface area contributed by atoms with E-state index in [9.17, 15) is 9.90 Å². The Kier molecular flexibility index (Phi) is 6.00. The fourth-order valence-electron chi connectivity index (χ4n) is 4.21. The Balaban J connectivity index is 1.52. The van der Waals surface area contributed by atoms with Gasteiger partial charge in [0.2, 0.25) is 5.91 Å². The molecule has 0 saturated heterocycles. The first-order valence-electron chi connectivity index (χ1n) is 9.85. The van der Waals surface area contributed by atoms with Gasteiger partial charge in [0, 0.05) is 17.9 Å². The highest BCUT2D eigenvalue weighted by molar-refractivity contribution is 5.78. The number of hydrogen-bond donors (Lipinski definition) is 2. The lowest BCUT2D eigenvalue weighted by Gasteiger charge is -2.35. The number of fused-ring (bicyclic) bond motifs is 1. The molecule has 1 aromatic rings. The van der Waals surface area contributed by atoms with Crippen LogP contribution < -0.4 is 10.1 Å². The zero-order valence-electron chi connectivity index (χ0n) is 15.3. The van der Waals surface area contributed by atoms with Crippen molar-refractivity contribution in [1.82, 2.24) is 5.32 Å². The zero-order valence-corrected chi connectivity index (χ0v) is 15.3. The Hall–Kier alpha value is -1.55. The van der Waals surface area contributed by atoms with Crippen molar-refractivity contribution in [1.29, 1.82) is 0 Å². The van der Waals surface area contributed by atoms with E-state index in [4.69, 9.17) is 4.74 Å². The summed E-state index contributed by atoms with van der Waals surface area (Å²) in [5, 5.41) is 14.0. The molecule has 2 aliphatic rings. The summed E-state index contributed by atoms with van der Waals surface area (Å²) in [5.74, 6) is 1.74. The van der Waals surface area contributed by atoms with Crippen LogP contribution in [0.4, 0.5) is 0 Å². The first kappa shape index (κ1) is 18.2. The molecule has 1 atom stereocenters. The Morgan fingerprint density at radius 1 is 1.28 bits per heavy atom. The van der Waals surface area contributed by atoms with Gasteiger partial charge in [-0.25, -0.2) is 0 Å². The minimum Gasteiger partial charge on any atom is -0.493 e. The van der Waals surface area contributed by atoms with E-state index >= 15 is 0 Å². The molecule has 0 aromatic heterocycles. The second-order valence-corrected chi connectivity index (χ2v) is 7.70. The van der Waals surface area contributed by atoms with Crippen LogP contribution in [-0.2, 0) is 10.4 Å². The standard InChI is InChI=1S/C21H31NO3/c1-2-3-6-16-9-11-17(12-10-16)20(23)22-15-21(24)13-14-25-19-8-5-4-7-18(19)21/h4-5,7-8,16-17,24H,2-3,6,9-15H2,1H3,(H,22,23). The fraction of sp³-hybridized carbons (Fsp3) is 0.667. The van der Waals surface area contributed by atoms with E-state index in [1.54, 1.807) is 0 Å². The van der Waals surface area contributed by atoms with Gasteiger partial charge in [-0.15, -0.1) is 0 Å². The summed E-state index contributed by atoms with van der Waals surface area (Å²) < 4.78 is 5.61. The molecule has 1 saturated carbocycles. The first-order chi connectivity index (χ1) is 12.1. The smallest absolute Gasteiger partial charge is 0.223 e. The number of hydrogen-bond acceptors (Lipinski definition) is 3. The highest BCUT2D eigenvalue weighted by Crippen LogP contribution is 2.37. The lowest BCUT2D eigenvalue weighted by atomic mass is 9.79. The molecule has 1 amide bonds. The molecule has 1 unspecified atom stereocenters. The molecule has 4 nitrogen and oxygen atoms in total. The van der Waals surface area contributed by atoms with Crippen molar-refractivity contribution >= 4 is 5.91 Å². The van der Waals surface area contributed by atoms with Gasteiger partial charge in [0.05, 0.1) is 13.2 Å². The summed E-state index contributed by atoms with van der Waals surface area (Å²) in [6.07, 6.45) is 8.67. The van der Waals surface area contributed by atoms with Crippen molar-refractivity contribution in [3.05, 3.63) is 29.8 Å². The lowest BCUT2D eigenvalue weighted by Crippen LogP contribution is -2.45. The molecule has 1 aromatic carbocycles. The van der Waals surface area contributed by atoms with E-state index in [1.807, 2.05) is 24.3 Å². The molecule has 2 N–H and O–H groups in total. The van der Waals surface area contributed by atoms with E-state index in [0.717, 1.165) is 30.1 Å². The molecular formula is C21H31NO3.